The minimum absolute atomic E-state index is 0.0150. The Balaban J connectivity index is 1.68. The van der Waals surface area contributed by atoms with Gasteiger partial charge in [0.1, 0.15) is 0 Å². The predicted molar refractivity (Wildman–Crippen MR) is 108 cm³/mol. The molecule has 2 aromatic carbocycles. The van der Waals surface area contributed by atoms with Gasteiger partial charge in [-0.25, -0.2) is 4.90 Å². The number of amides is 2. The Kier molecular flexibility index (Phi) is 4.86. The molecule has 1 aliphatic carbocycles. The zero-order valence-corrected chi connectivity index (χ0v) is 16.2. The highest BCUT2D eigenvalue weighted by Crippen LogP contribution is 2.46. The van der Waals surface area contributed by atoms with E-state index in [1.165, 1.54) is 5.56 Å². The van der Waals surface area contributed by atoms with Gasteiger partial charge in [-0.1, -0.05) is 62.4 Å². The highest BCUT2D eigenvalue weighted by Gasteiger charge is 2.51. The standard InChI is InChI=1S/C24H27NO2/c1-3-16-11-8-12-17(4-2)22(16)25-23(26)20-14-13-19(15-21(20)24(25)27)18-9-6-5-7-10-18/h5-12,19-21H,3-4,13-15H2,1-2H3/t19-,20-,21-/m1/s1. The first-order valence-electron chi connectivity index (χ1n) is 10.2. The van der Waals surface area contributed by atoms with Gasteiger partial charge in [0, 0.05) is 0 Å². The van der Waals surface area contributed by atoms with Crippen LogP contribution in [-0.4, -0.2) is 11.8 Å². The molecule has 1 saturated carbocycles. The second-order valence-electron chi connectivity index (χ2n) is 7.78. The van der Waals surface area contributed by atoms with Crippen LogP contribution in [0.1, 0.15) is 55.7 Å². The molecule has 3 heteroatoms. The number of fused-ring (bicyclic) bond motifs is 1. The second kappa shape index (κ2) is 7.30. The third-order valence-corrected chi connectivity index (χ3v) is 6.38. The van der Waals surface area contributed by atoms with Gasteiger partial charge in [-0.15, -0.1) is 0 Å². The van der Waals surface area contributed by atoms with E-state index in [0.29, 0.717) is 5.92 Å². The minimum Gasteiger partial charge on any atom is -0.274 e. The van der Waals surface area contributed by atoms with E-state index in [1.54, 1.807) is 4.90 Å². The molecule has 1 heterocycles. The molecular formula is C24H27NO2. The van der Waals surface area contributed by atoms with Gasteiger partial charge in [-0.05, 0) is 54.7 Å². The van der Waals surface area contributed by atoms with Crippen LogP contribution >= 0.6 is 0 Å². The maximum Gasteiger partial charge on any atom is 0.237 e. The van der Waals surface area contributed by atoms with Crippen LogP contribution in [0.3, 0.4) is 0 Å². The Hall–Kier alpha value is -2.42. The zero-order chi connectivity index (χ0) is 19.0. The summed E-state index contributed by atoms with van der Waals surface area (Å²) >= 11 is 0. The Morgan fingerprint density at radius 1 is 0.815 bits per heavy atom. The number of anilines is 1. The van der Waals surface area contributed by atoms with Crippen molar-refractivity contribution in [2.24, 2.45) is 11.8 Å². The first-order valence-corrected chi connectivity index (χ1v) is 10.2. The van der Waals surface area contributed by atoms with Gasteiger partial charge in [0.15, 0.2) is 0 Å². The molecule has 3 nitrogen and oxygen atoms in total. The monoisotopic (exact) mass is 361 g/mol. The molecule has 4 rings (SSSR count). The van der Waals surface area contributed by atoms with Crippen molar-refractivity contribution in [2.75, 3.05) is 4.90 Å². The molecule has 2 aromatic rings. The highest BCUT2D eigenvalue weighted by molar-refractivity contribution is 6.22. The Morgan fingerprint density at radius 3 is 2.07 bits per heavy atom. The lowest BCUT2D eigenvalue weighted by molar-refractivity contribution is -0.122. The molecule has 0 radical (unpaired) electrons. The number of aryl methyl sites for hydroxylation is 2. The van der Waals surface area contributed by atoms with E-state index in [-0.39, 0.29) is 23.7 Å². The molecule has 2 amide bonds. The molecule has 0 aromatic heterocycles. The normalized spacial score (nSPS) is 25.0. The molecule has 140 valence electrons. The number of rotatable bonds is 4. The fourth-order valence-electron chi connectivity index (χ4n) is 4.93. The van der Waals surface area contributed by atoms with Crippen molar-refractivity contribution in [3.05, 3.63) is 65.2 Å². The van der Waals surface area contributed by atoms with Crippen LogP contribution in [-0.2, 0) is 22.4 Å². The first-order chi connectivity index (χ1) is 13.2. The van der Waals surface area contributed by atoms with Crippen molar-refractivity contribution in [3.8, 4) is 0 Å². The van der Waals surface area contributed by atoms with Gasteiger partial charge in [-0.3, -0.25) is 9.59 Å². The van der Waals surface area contributed by atoms with Crippen LogP contribution in [0.2, 0.25) is 0 Å². The van der Waals surface area contributed by atoms with Crippen molar-refractivity contribution in [1.29, 1.82) is 0 Å². The highest BCUT2D eigenvalue weighted by atomic mass is 16.2. The number of hydrogen-bond donors (Lipinski definition) is 0. The van der Waals surface area contributed by atoms with Crippen molar-refractivity contribution < 1.29 is 9.59 Å². The Morgan fingerprint density at radius 2 is 1.44 bits per heavy atom. The molecule has 2 fully saturated rings. The van der Waals surface area contributed by atoms with E-state index < -0.39 is 0 Å². The van der Waals surface area contributed by atoms with Gasteiger partial charge in [0.25, 0.3) is 0 Å². The SMILES string of the molecule is CCc1cccc(CC)c1N1C(=O)[C@@H]2CC[C@@H](c3ccccc3)C[C@H]2C1=O. The number of hydrogen-bond acceptors (Lipinski definition) is 2. The van der Waals surface area contributed by atoms with Crippen LogP contribution < -0.4 is 4.90 Å². The molecule has 3 atom stereocenters. The number of carbonyl (C=O) groups excluding carboxylic acids is 2. The van der Waals surface area contributed by atoms with E-state index in [2.05, 4.69) is 38.1 Å². The summed E-state index contributed by atoms with van der Waals surface area (Å²) in [4.78, 5) is 28.1. The number of imide groups is 1. The van der Waals surface area contributed by atoms with Crippen LogP contribution in [0.25, 0.3) is 0 Å². The van der Waals surface area contributed by atoms with Crippen molar-refractivity contribution in [1.82, 2.24) is 0 Å². The lowest BCUT2D eigenvalue weighted by Gasteiger charge is -2.28. The van der Waals surface area contributed by atoms with Gasteiger partial charge < -0.3 is 0 Å². The van der Waals surface area contributed by atoms with E-state index in [4.69, 9.17) is 0 Å². The number of para-hydroxylation sites is 1. The van der Waals surface area contributed by atoms with Crippen molar-refractivity contribution in [3.63, 3.8) is 0 Å². The first kappa shape index (κ1) is 18.0. The van der Waals surface area contributed by atoms with E-state index in [0.717, 1.165) is 48.9 Å². The van der Waals surface area contributed by atoms with E-state index >= 15 is 0 Å². The van der Waals surface area contributed by atoms with Gasteiger partial charge in [0.05, 0.1) is 17.5 Å². The van der Waals surface area contributed by atoms with Gasteiger partial charge in [0.2, 0.25) is 11.8 Å². The molecule has 2 aliphatic rings. The lowest BCUT2D eigenvalue weighted by Crippen LogP contribution is -2.32. The van der Waals surface area contributed by atoms with E-state index in [9.17, 15) is 9.59 Å². The molecule has 0 spiro atoms. The Labute approximate surface area is 161 Å². The maximum absolute atomic E-state index is 13.4. The Bertz CT molecular complexity index is 836. The molecule has 0 N–H and O–H groups in total. The number of benzene rings is 2. The summed E-state index contributed by atoms with van der Waals surface area (Å²) in [5.74, 6) is 0.0858. The zero-order valence-electron chi connectivity index (χ0n) is 16.2. The summed E-state index contributed by atoms with van der Waals surface area (Å²) in [7, 11) is 0. The van der Waals surface area contributed by atoms with Crippen LogP contribution in [0, 0.1) is 11.8 Å². The molecule has 1 aliphatic heterocycles. The summed E-state index contributed by atoms with van der Waals surface area (Å²) < 4.78 is 0. The van der Waals surface area contributed by atoms with E-state index in [1.807, 2.05) is 24.3 Å². The minimum atomic E-state index is -0.175. The fourth-order valence-corrected chi connectivity index (χ4v) is 4.93. The largest absolute Gasteiger partial charge is 0.274 e. The van der Waals surface area contributed by atoms with Crippen molar-refractivity contribution >= 4 is 17.5 Å². The van der Waals surface area contributed by atoms with Crippen molar-refractivity contribution in [2.45, 2.75) is 51.9 Å². The topological polar surface area (TPSA) is 37.4 Å². The third-order valence-electron chi connectivity index (χ3n) is 6.38. The van der Waals surface area contributed by atoms with Gasteiger partial charge in [-0.2, -0.15) is 0 Å². The predicted octanol–water partition coefficient (Wildman–Crippen LogP) is 4.88. The van der Waals surface area contributed by atoms with Crippen LogP contribution in [0.4, 0.5) is 5.69 Å². The quantitative estimate of drug-likeness (QED) is 0.728. The fraction of sp³-hybridized carbons (Fsp3) is 0.417. The summed E-state index contributed by atoms with van der Waals surface area (Å²) in [6, 6.07) is 16.5. The maximum atomic E-state index is 13.4. The molecule has 0 bridgehead atoms. The molecular weight excluding hydrogens is 334 g/mol. The average Bonchev–Trinajstić information content (AvgIpc) is 2.97. The summed E-state index contributed by atoms with van der Waals surface area (Å²) in [5.41, 5.74) is 4.34. The summed E-state index contributed by atoms with van der Waals surface area (Å²) in [6.45, 7) is 4.17. The molecule has 1 saturated heterocycles. The molecule has 0 unspecified atom stereocenters. The molecule has 27 heavy (non-hydrogen) atoms. The summed E-state index contributed by atoms with van der Waals surface area (Å²) in [6.07, 6.45) is 4.21. The summed E-state index contributed by atoms with van der Waals surface area (Å²) in [5, 5.41) is 0. The lowest BCUT2D eigenvalue weighted by atomic mass is 9.73. The van der Waals surface area contributed by atoms with Crippen LogP contribution in [0.5, 0.6) is 0 Å². The smallest absolute Gasteiger partial charge is 0.237 e. The average molecular weight is 361 g/mol. The number of nitrogens with zero attached hydrogens (tertiary/aromatic N) is 1. The second-order valence-corrected chi connectivity index (χ2v) is 7.78. The van der Waals surface area contributed by atoms with Gasteiger partial charge >= 0.3 is 0 Å². The third kappa shape index (κ3) is 2.99. The number of carbonyl (C=O) groups is 2. The van der Waals surface area contributed by atoms with Crippen LogP contribution in [0.15, 0.2) is 48.5 Å².